The van der Waals surface area contributed by atoms with Gasteiger partial charge in [-0.3, -0.25) is 0 Å². The summed E-state index contributed by atoms with van der Waals surface area (Å²) >= 11 is 0. The predicted octanol–water partition coefficient (Wildman–Crippen LogP) is 2.87. The number of hydrogen-bond donors (Lipinski definition) is 1. The lowest BCUT2D eigenvalue weighted by Crippen LogP contribution is -2.40. The zero-order valence-electron chi connectivity index (χ0n) is 11.7. The van der Waals surface area contributed by atoms with E-state index in [0.29, 0.717) is 12.8 Å². The molecule has 3 rings (SSSR count). The van der Waals surface area contributed by atoms with E-state index >= 15 is 0 Å². The molecule has 19 heavy (non-hydrogen) atoms. The van der Waals surface area contributed by atoms with E-state index in [1.54, 1.807) is 0 Å². The van der Waals surface area contributed by atoms with Crippen LogP contribution in [0.25, 0.3) is 0 Å². The van der Waals surface area contributed by atoms with Gasteiger partial charge in [0, 0.05) is 16.6 Å². The second kappa shape index (κ2) is 4.07. The van der Waals surface area contributed by atoms with Crippen LogP contribution in [0.4, 0.5) is 0 Å². The van der Waals surface area contributed by atoms with E-state index in [2.05, 4.69) is 19.9 Å². The molecule has 0 spiro atoms. The predicted molar refractivity (Wildman–Crippen MR) is 72.1 cm³/mol. The maximum absolute atomic E-state index is 11.8. The van der Waals surface area contributed by atoms with Crippen LogP contribution in [0.3, 0.4) is 0 Å². The average molecular weight is 260 g/mol. The Morgan fingerprint density at radius 1 is 1.53 bits per heavy atom. The summed E-state index contributed by atoms with van der Waals surface area (Å²) in [4.78, 5) is 11.8. The number of rotatable bonds is 1. The van der Waals surface area contributed by atoms with E-state index in [0.717, 1.165) is 23.3 Å². The van der Waals surface area contributed by atoms with Crippen molar-refractivity contribution in [3.63, 3.8) is 0 Å². The Kier molecular flexibility index (Phi) is 2.72. The molecule has 0 unspecified atom stereocenters. The van der Waals surface area contributed by atoms with Gasteiger partial charge in [-0.1, -0.05) is 26.8 Å². The molecule has 3 heteroatoms. The van der Waals surface area contributed by atoms with Gasteiger partial charge in [-0.2, -0.15) is 0 Å². The fourth-order valence-electron chi connectivity index (χ4n) is 3.53. The van der Waals surface area contributed by atoms with Gasteiger partial charge in [0.25, 0.3) is 0 Å². The number of allylic oxidation sites excluding steroid dienone is 3. The van der Waals surface area contributed by atoms with Crippen LogP contribution in [0.15, 0.2) is 34.6 Å². The molecule has 0 saturated carbocycles. The molecule has 0 amide bonds. The van der Waals surface area contributed by atoms with Crippen LogP contribution in [0.5, 0.6) is 0 Å². The molecule has 2 aliphatic carbocycles. The summed E-state index contributed by atoms with van der Waals surface area (Å²) in [6.45, 7) is 6.27. The molecule has 0 aromatic carbocycles. The Hall–Kier alpha value is -1.35. The van der Waals surface area contributed by atoms with Crippen molar-refractivity contribution < 1.29 is 14.6 Å². The van der Waals surface area contributed by atoms with Crippen molar-refractivity contribution in [1.82, 2.24) is 0 Å². The normalized spacial score (nSPS) is 37.4. The number of carbonyl (C=O) groups excluding carboxylic acids is 1. The fraction of sp³-hybridized carbons (Fsp3) is 0.562. The van der Waals surface area contributed by atoms with Gasteiger partial charge in [-0.05, 0) is 36.8 Å². The molecule has 3 aliphatic rings. The highest BCUT2D eigenvalue weighted by Crippen LogP contribution is 2.53. The molecule has 3 atom stereocenters. The van der Waals surface area contributed by atoms with E-state index in [1.807, 2.05) is 13.0 Å². The Bertz CT molecular complexity index is 538. The zero-order chi connectivity index (χ0) is 13.8. The average Bonchev–Trinajstić information content (AvgIpc) is 2.67. The first-order valence-corrected chi connectivity index (χ1v) is 7.02. The Labute approximate surface area is 113 Å². The zero-order valence-corrected chi connectivity index (χ0v) is 11.7. The first-order chi connectivity index (χ1) is 8.97. The van der Waals surface area contributed by atoms with E-state index in [4.69, 9.17) is 4.74 Å². The highest BCUT2D eigenvalue weighted by atomic mass is 16.5. The van der Waals surface area contributed by atoms with Crippen LogP contribution < -0.4 is 0 Å². The van der Waals surface area contributed by atoms with E-state index < -0.39 is 0 Å². The lowest BCUT2D eigenvalue weighted by Gasteiger charge is -2.45. The van der Waals surface area contributed by atoms with Crippen LogP contribution in [0, 0.1) is 11.3 Å². The van der Waals surface area contributed by atoms with Crippen molar-refractivity contribution in [3.8, 4) is 0 Å². The van der Waals surface area contributed by atoms with E-state index in [-0.39, 0.29) is 23.4 Å². The highest BCUT2D eigenvalue weighted by Gasteiger charge is 2.46. The summed E-state index contributed by atoms with van der Waals surface area (Å²) in [5.74, 6) is 0.723. The van der Waals surface area contributed by atoms with Crippen molar-refractivity contribution in [3.05, 3.63) is 34.6 Å². The van der Waals surface area contributed by atoms with Crippen LogP contribution in [-0.2, 0) is 9.53 Å². The summed E-state index contributed by atoms with van der Waals surface area (Å²) in [5, 5.41) is 10.1. The van der Waals surface area contributed by atoms with Gasteiger partial charge < -0.3 is 9.84 Å². The maximum atomic E-state index is 11.8. The van der Waals surface area contributed by atoms with Gasteiger partial charge in [0.2, 0.25) is 0 Å². The van der Waals surface area contributed by atoms with Crippen molar-refractivity contribution in [2.75, 3.05) is 0 Å². The third-order valence-corrected chi connectivity index (χ3v) is 5.12. The van der Waals surface area contributed by atoms with Gasteiger partial charge in [0.05, 0.1) is 6.10 Å². The number of hydrogen-bond acceptors (Lipinski definition) is 3. The van der Waals surface area contributed by atoms with Crippen molar-refractivity contribution in [2.45, 2.75) is 46.1 Å². The van der Waals surface area contributed by atoms with Crippen LogP contribution >= 0.6 is 0 Å². The van der Waals surface area contributed by atoms with E-state index in [9.17, 15) is 9.90 Å². The standard InChI is InChI=1S/C16H20O3/c1-4-11-12-8-16(3)9(2)13(17)6-5-10(16)7-14(12)19-15(11)18/h5,7,9,13,17H,4,6,8H2,1-3H3/t9-,13-,16+/m0/s1. The summed E-state index contributed by atoms with van der Waals surface area (Å²) in [6, 6.07) is 0. The van der Waals surface area contributed by atoms with Crippen LogP contribution in [-0.4, -0.2) is 17.2 Å². The molecule has 0 bridgehead atoms. The third-order valence-electron chi connectivity index (χ3n) is 5.12. The molecular formula is C16H20O3. The number of ether oxygens (including phenoxy) is 1. The Balaban J connectivity index is 2.12. The first kappa shape index (κ1) is 12.7. The van der Waals surface area contributed by atoms with Crippen LogP contribution in [0.2, 0.25) is 0 Å². The minimum Gasteiger partial charge on any atom is -0.423 e. The highest BCUT2D eigenvalue weighted by molar-refractivity contribution is 5.94. The van der Waals surface area contributed by atoms with Crippen LogP contribution in [0.1, 0.15) is 40.0 Å². The molecule has 1 aliphatic heterocycles. The third kappa shape index (κ3) is 1.64. The first-order valence-electron chi connectivity index (χ1n) is 7.02. The maximum Gasteiger partial charge on any atom is 0.339 e. The summed E-state index contributed by atoms with van der Waals surface area (Å²) in [7, 11) is 0. The minimum atomic E-state index is -0.299. The Morgan fingerprint density at radius 3 is 2.95 bits per heavy atom. The van der Waals surface area contributed by atoms with Crippen molar-refractivity contribution >= 4 is 5.97 Å². The lowest BCUT2D eigenvalue weighted by atomic mass is 9.60. The topological polar surface area (TPSA) is 46.5 Å². The van der Waals surface area contributed by atoms with E-state index in [1.165, 1.54) is 5.57 Å². The smallest absolute Gasteiger partial charge is 0.339 e. The van der Waals surface area contributed by atoms with Gasteiger partial charge in [-0.15, -0.1) is 0 Å². The SMILES string of the molecule is CCC1=C2C[C@@]3(C)C(=CC[C@H](O)[C@@H]3C)C=C2OC1=O. The number of carbonyl (C=O) groups is 1. The number of fused-ring (bicyclic) bond motifs is 2. The molecular weight excluding hydrogens is 240 g/mol. The monoisotopic (exact) mass is 260 g/mol. The van der Waals surface area contributed by atoms with Crippen molar-refractivity contribution in [2.24, 2.45) is 11.3 Å². The van der Waals surface area contributed by atoms with Gasteiger partial charge >= 0.3 is 5.97 Å². The molecule has 0 saturated heterocycles. The second-order valence-corrected chi connectivity index (χ2v) is 6.05. The van der Waals surface area contributed by atoms with Gasteiger partial charge in [0.1, 0.15) is 5.76 Å². The number of aliphatic hydroxyl groups is 1. The summed E-state index contributed by atoms with van der Waals surface area (Å²) in [5.41, 5.74) is 2.96. The lowest BCUT2D eigenvalue weighted by molar-refractivity contribution is -0.133. The number of esters is 1. The number of aliphatic hydroxyl groups excluding tert-OH is 1. The van der Waals surface area contributed by atoms with Gasteiger partial charge in [0.15, 0.2) is 0 Å². The molecule has 0 fully saturated rings. The molecule has 0 radical (unpaired) electrons. The second-order valence-electron chi connectivity index (χ2n) is 6.05. The molecule has 0 aromatic heterocycles. The molecule has 0 aromatic rings. The quantitative estimate of drug-likeness (QED) is 0.737. The molecule has 102 valence electrons. The molecule has 3 nitrogen and oxygen atoms in total. The molecule has 1 heterocycles. The van der Waals surface area contributed by atoms with Gasteiger partial charge in [-0.25, -0.2) is 4.79 Å². The summed E-state index contributed by atoms with van der Waals surface area (Å²) < 4.78 is 5.37. The summed E-state index contributed by atoms with van der Waals surface area (Å²) in [6.07, 6.45) is 5.97. The molecule has 1 N–H and O–H groups in total. The Morgan fingerprint density at radius 2 is 2.26 bits per heavy atom. The minimum absolute atomic E-state index is 0.0924. The van der Waals surface area contributed by atoms with Crippen molar-refractivity contribution in [1.29, 1.82) is 0 Å². The largest absolute Gasteiger partial charge is 0.423 e. The fourth-order valence-corrected chi connectivity index (χ4v) is 3.53.